The minimum absolute atomic E-state index is 0.221. The zero-order chi connectivity index (χ0) is 8.91. The van der Waals surface area contributed by atoms with E-state index in [1.165, 1.54) is 13.0 Å². The fourth-order valence-corrected chi connectivity index (χ4v) is 0.901. The van der Waals surface area contributed by atoms with Crippen LogP contribution in [0.2, 0.25) is 0 Å². The molecule has 1 unspecified atom stereocenters. The highest BCUT2D eigenvalue weighted by Crippen LogP contribution is 2.14. The third-order valence-electron chi connectivity index (χ3n) is 1.60. The SMILES string of the molecule is C=CCC(O)(NCC)[C@@H](C)F. The molecule has 0 amide bonds. The Labute approximate surface area is 67.1 Å². The van der Waals surface area contributed by atoms with Crippen molar-refractivity contribution in [2.45, 2.75) is 32.2 Å². The van der Waals surface area contributed by atoms with Gasteiger partial charge in [0, 0.05) is 6.42 Å². The molecule has 0 heterocycles. The molecular formula is C8H16FNO. The average molecular weight is 161 g/mol. The lowest BCUT2D eigenvalue weighted by Gasteiger charge is -2.29. The van der Waals surface area contributed by atoms with Gasteiger partial charge in [0.05, 0.1) is 0 Å². The fraction of sp³-hybridized carbons (Fsp3) is 0.750. The molecule has 66 valence electrons. The second kappa shape index (κ2) is 4.46. The number of hydrogen-bond donors (Lipinski definition) is 2. The van der Waals surface area contributed by atoms with Crippen LogP contribution in [-0.2, 0) is 0 Å². The van der Waals surface area contributed by atoms with Crippen molar-refractivity contribution in [3.8, 4) is 0 Å². The Morgan fingerprint density at radius 3 is 2.64 bits per heavy atom. The Bertz CT molecular complexity index is 127. The molecule has 0 bridgehead atoms. The van der Waals surface area contributed by atoms with Gasteiger partial charge in [0.15, 0.2) is 5.72 Å². The Morgan fingerprint density at radius 2 is 2.36 bits per heavy atom. The summed E-state index contributed by atoms with van der Waals surface area (Å²) in [6, 6.07) is 0. The van der Waals surface area contributed by atoms with Gasteiger partial charge in [-0.15, -0.1) is 6.58 Å². The monoisotopic (exact) mass is 161 g/mol. The molecule has 0 aliphatic rings. The largest absolute Gasteiger partial charge is 0.372 e. The van der Waals surface area contributed by atoms with Crippen molar-refractivity contribution in [2.24, 2.45) is 0 Å². The molecule has 0 spiro atoms. The minimum atomic E-state index is -1.43. The average Bonchev–Trinajstić information content (AvgIpc) is 1.88. The van der Waals surface area contributed by atoms with E-state index >= 15 is 0 Å². The maximum Gasteiger partial charge on any atom is 0.150 e. The first-order chi connectivity index (χ1) is 5.06. The van der Waals surface area contributed by atoms with Crippen molar-refractivity contribution in [1.29, 1.82) is 0 Å². The zero-order valence-electron chi connectivity index (χ0n) is 7.10. The highest BCUT2D eigenvalue weighted by molar-refractivity contribution is 4.88. The van der Waals surface area contributed by atoms with Crippen LogP contribution < -0.4 is 5.32 Å². The molecule has 0 saturated carbocycles. The summed E-state index contributed by atoms with van der Waals surface area (Å²) in [5, 5.41) is 12.2. The number of aliphatic hydroxyl groups is 1. The van der Waals surface area contributed by atoms with Gasteiger partial charge in [-0.05, 0) is 13.5 Å². The van der Waals surface area contributed by atoms with E-state index in [-0.39, 0.29) is 6.42 Å². The first kappa shape index (κ1) is 10.6. The number of halogens is 1. The summed E-state index contributed by atoms with van der Waals surface area (Å²) in [5.41, 5.74) is -1.43. The van der Waals surface area contributed by atoms with E-state index < -0.39 is 11.9 Å². The maximum atomic E-state index is 12.8. The molecule has 0 aliphatic heterocycles. The predicted molar refractivity (Wildman–Crippen MR) is 44.0 cm³/mol. The number of hydrogen-bond acceptors (Lipinski definition) is 2. The minimum Gasteiger partial charge on any atom is -0.372 e. The number of alkyl halides is 1. The molecule has 2 nitrogen and oxygen atoms in total. The molecule has 0 aliphatic carbocycles. The maximum absolute atomic E-state index is 12.8. The van der Waals surface area contributed by atoms with Crippen LogP contribution in [0.25, 0.3) is 0 Å². The lowest BCUT2D eigenvalue weighted by atomic mass is 10.1. The lowest BCUT2D eigenvalue weighted by Crippen LogP contribution is -2.51. The predicted octanol–water partition coefficient (Wildman–Crippen LogP) is 1.22. The third-order valence-corrected chi connectivity index (χ3v) is 1.60. The molecular weight excluding hydrogens is 145 g/mol. The van der Waals surface area contributed by atoms with Gasteiger partial charge in [-0.1, -0.05) is 13.0 Å². The second-order valence-corrected chi connectivity index (χ2v) is 2.56. The van der Waals surface area contributed by atoms with E-state index in [1.807, 2.05) is 6.92 Å². The first-order valence-electron chi connectivity index (χ1n) is 3.79. The van der Waals surface area contributed by atoms with Crippen molar-refractivity contribution in [1.82, 2.24) is 5.32 Å². The van der Waals surface area contributed by atoms with E-state index in [0.29, 0.717) is 6.54 Å². The summed E-state index contributed by atoms with van der Waals surface area (Å²) in [6.45, 7) is 7.13. The van der Waals surface area contributed by atoms with Crippen molar-refractivity contribution in [3.63, 3.8) is 0 Å². The highest BCUT2D eigenvalue weighted by atomic mass is 19.1. The molecule has 2 atom stereocenters. The van der Waals surface area contributed by atoms with Crippen LogP contribution in [0.15, 0.2) is 12.7 Å². The fourth-order valence-electron chi connectivity index (χ4n) is 0.901. The molecule has 3 heteroatoms. The normalized spacial score (nSPS) is 18.9. The number of rotatable bonds is 5. The highest BCUT2D eigenvalue weighted by Gasteiger charge is 2.31. The van der Waals surface area contributed by atoms with Crippen molar-refractivity contribution in [2.75, 3.05) is 6.54 Å². The Morgan fingerprint density at radius 1 is 1.82 bits per heavy atom. The molecule has 2 N–H and O–H groups in total. The summed E-state index contributed by atoms with van der Waals surface area (Å²) >= 11 is 0. The van der Waals surface area contributed by atoms with Gasteiger partial charge >= 0.3 is 0 Å². The van der Waals surface area contributed by atoms with Crippen LogP contribution >= 0.6 is 0 Å². The summed E-state index contributed by atoms with van der Waals surface area (Å²) in [4.78, 5) is 0. The first-order valence-corrected chi connectivity index (χ1v) is 3.79. The molecule has 0 fully saturated rings. The smallest absolute Gasteiger partial charge is 0.150 e. The Kier molecular flexibility index (Phi) is 4.30. The van der Waals surface area contributed by atoms with E-state index in [0.717, 1.165) is 0 Å². The summed E-state index contributed by atoms with van der Waals surface area (Å²) in [6.07, 6.45) is 0.428. The van der Waals surface area contributed by atoms with Crippen LogP contribution in [0.4, 0.5) is 4.39 Å². The third kappa shape index (κ3) is 2.99. The quantitative estimate of drug-likeness (QED) is 0.469. The van der Waals surface area contributed by atoms with Crippen LogP contribution in [0.5, 0.6) is 0 Å². The van der Waals surface area contributed by atoms with Crippen molar-refractivity contribution >= 4 is 0 Å². The van der Waals surface area contributed by atoms with E-state index in [1.54, 1.807) is 0 Å². The van der Waals surface area contributed by atoms with E-state index in [2.05, 4.69) is 11.9 Å². The number of nitrogens with one attached hydrogen (secondary N) is 1. The van der Waals surface area contributed by atoms with E-state index in [9.17, 15) is 9.50 Å². The van der Waals surface area contributed by atoms with Crippen molar-refractivity contribution < 1.29 is 9.50 Å². The van der Waals surface area contributed by atoms with Gasteiger partial charge < -0.3 is 5.11 Å². The van der Waals surface area contributed by atoms with Crippen LogP contribution in [-0.4, -0.2) is 23.5 Å². The van der Waals surface area contributed by atoms with Gasteiger partial charge in [-0.2, -0.15) is 0 Å². The molecule has 11 heavy (non-hydrogen) atoms. The Balaban J connectivity index is 4.12. The molecule has 0 aromatic heterocycles. The standard InChI is InChI=1S/C8H16FNO/c1-4-6-8(11,7(3)9)10-5-2/h4,7,10-11H,1,5-6H2,2-3H3/t7-,8?/m1/s1. The van der Waals surface area contributed by atoms with Gasteiger partial charge in [0.25, 0.3) is 0 Å². The lowest BCUT2D eigenvalue weighted by molar-refractivity contribution is -0.0528. The molecule has 0 saturated heterocycles. The summed E-state index contributed by atoms with van der Waals surface area (Å²) < 4.78 is 12.8. The molecule has 0 radical (unpaired) electrons. The van der Waals surface area contributed by atoms with Gasteiger partial charge in [0.1, 0.15) is 6.17 Å². The summed E-state index contributed by atoms with van der Waals surface area (Å²) in [7, 11) is 0. The second-order valence-electron chi connectivity index (χ2n) is 2.56. The van der Waals surface area contributed by atoms with Gasteiger partial charge in [-0.3, -0.25) is 5.32 Å². The molecule has 0 rings (SSSR count). The molecule has 0 aromatic carbocycles. The van der Waals surface area contributed by atoms with Crippen LogP contribution in [0.1, 0.15) is 20.3 Å². The van der Waals surface area contributed by atoms with Crippen LogP contribution in [0, 0.1) is 0 Å². The topological polar surface area (TPSA) is 32.3 Å². The van der Waals surface area contributed by atoms with Gasteiger partial charge in [-0.25, -0.2) is 4.39 Å². The van der Waals surface area contributed by atoms with Crippen LogP contribution in [0.3, 0.4) is 0 Å². The van der Waals surface area contributed by atoms with Gasteiger partial charge in [0.2, 0.25) is 0 Å². The van der Waals surface area contributed by atoms with Crippen molar-refractivity contribution in [3.05, 3.63) is 12.7 Å². The zero-order valence-corrected chi connectivity index (χ0v) is 7.10. The molecule has 0 aromatic rings. The summed E-state index contributed by atoms with van der Waals surface area (Å²) in [5.74, 6) is 0. The van der Waals surface area contributed by atoms with E-state index in [4.69, 9.17) is 0 Å². The Hall–Kier alpha value is -0.410.